The molecule has 0 atom stereocenters. The van der Waals surface area contributed by atoms with Crippen molar-refractivity contribution in [1.82, 2.24) is 0 Å². The zero-order chi connectivity index (χ0) is 17.8. The molecule has 4 rings (SSSR count). The molecule has 0 N–H and O–H groups in total. The Bertz CT molecular complexity index is 803. The van der Waals surface area contributed by atoms with Crippen molar-refractivity contribution in [2.75, 3.05) is 29.9 Å². The predicted molar refractivity (Wildman–Crippen MR) is 108 cm³/mol. The molecule has 0 amide bonds. The third-order valence-corrected chi connectivity index (χ3v) is 5.69. The van der Waals surface area contributed by atoms with Crippen LogP contribution in [-0.4, -0.2) is 20.1 Å². The van der Waals surface area contributed by atoms with Crippen LogP contribution in [0.3, 0.4) is 0 Å². The number of anilines is 3. The van der Waals surface area contributed by atoms with Crippen molar-refractivity contribution in [3.8, 4) is 0 Å². The molecule has 0 fully saturated rings. The number of rotatable bonds is 1. The Balaban J connectivity index is 1.88. The molecule has 132 valence electrons. The standard InChI is InChI=1S/C23H30N2/c1-22(2)13-17-9-6-7-10-19(17)25(16-22)21-12-8-11-20-18(21)14-23(3,4)15-24(20)5/h6-12H,13-16H2,1-5H3. The largest absolute Gasteiger partial charge is 0.374 e. The van der Waals surface area contributed by atoms with Crippen molar-refractivity contribution in [1.29, 1.82) is 0 Å². The molecule has 2 heteroatoms. The molecule has 0 unspecified atom stereocenters. The van der Waals surface area contributed by atoms with Crippen molar-refractivity contribution in [3.63, 3.8) is 0 Å². The van der Waals surface area contributed by atoms with Gasteiger partial charge in [0.25, 0.3) is 0 Å². The number of fused-ring (bicyclic) bond motifs is 2. The highest BCUT2D eigenvalue weighted by atomic mass is 15.2. The molecule has 0 saturated carbocycles. The summed E-state index contributed by atoms with van der Waals surface area (Å²) in [6.45, 7) is 11.7. The lowest BCUT2D eigenvalue weighted by atomic mass is 9.78. The fourth-order valence-corrected chi connectivity index (χ4v) is 4.84. The Kier molecular flexibility index (Phi) is 3.64. The van der Waals surface area contributed by atoms with E-state index in [0.717, 1.165) is 25.9 Å². The molecule has 2 aliphatic rings. The number of para-hydroxylation sites is 1. The topological polar surface area (TPSA) is 6.48 Å². The number of hydrogen-bond donors (Lipinski definition) is 0. The van der Waals surface area contributed by atoms with Crippen LogP contribution >= 0.6 is 0 Å². The second kappa shape index (κ2) is 5.52. The molecular weight excluding hydrogens is 304 g/mol. The van der Waals surface area contributed by atoms with Crippen molar-refractivity contribution >= 4 is 17.1 Å². The van der Waals surface area contributed by atoms with E-state index in [-0.39, 0.29) is 5.41 Å². The van der Waals surface area contributed by atoms with Gasteiger partial charge >= 0.3 is 0 Å². The molecule has 0 radical (unpaired) electrons. The number of hydrogen-bond acceptors (Lipinski definition) is 2. The molecule has 2 aliphatic heterocycles. The van der Waals surface area contributed by atoms with E-state index in [4.69, 9.17) is 0 Å². The molecule has 25 heavy (non-hydrogen) atoms. The van der Waals surface area contributed by atoms with Crippen molar-refractivity contribution in [3.05, 3.63) is 53.6 Å². The molecule has 2 aromatic carbocycles. The summed E-state index contributed by atoms with van der Waals surface area (Å²) in [4.78, 5) is 5.01. The van der Waals surface area contributed by atoms with Crippen LogP contribution in [-0.2, 0) is 12.8 Å². The maximum Gasteiger partial charge on any atom is 0.0464 e. The van der Waals surface area contributed by atoms with E-state index in [0.29, 0.717) is 5.41 Å². The van der Waals surface area contributed by atoms with Gasteiger partial charge in [-0.2, -0.15) is 0 Å². The Morgan fingerprint density at radius 3 is 2.16 bits per heavy atom. The molecular formula is C23H30N2. The first kappa shape index (κ1) is 16.5. The first-order chi connectivity index (χ1) is 11.8. The average Bonchev–Trinajstić information content (AvgIpc) is 2.52. The molecule has 2 nitrogen and oxygen atoms in total. The first-order valence-electron chi connectivity index (χ1n) is 9.44. The van der Waals surface area contributed by atoms with Crippen LogP contribution < -0.4 is 9.80 Å². The van der Waals surface area contributed by atoms with E-state index in [1.165, 1.54) is 28.2 Å². The predicted octanol–water partition coefficient (Wildman–Crippen LogP) is 5.43. The minimum Gasteiger partial charge on any atom is -0.374 e. The van der Waals surface area contributed by atoms with Crippen LogP contribution in [0.25, 0.3) is 0 Å². The summed E-state index contributed by atoms with van der Waals surface area (Å²) < 4.78 is 0. The molecule has 0 bridgehead atoms. The van der Waals surface area contributed by atoms with Gasteiger partial charge in [0.05, 0.1) is 0 Å². The molecule has 0 saturated heterocycles. The SMILES string of the molecule is CN1CC(C)(C)Cc2c1cccc2N1CC(C)(C)Cc2ccccc21. The van der Waals surface area contributed by atoms with Crippen LogP contribution in [0.2, 0.25) is 0 Å². The van der Waals surface area contributed by atoms with E-state index in [9.17, 15) is 0 Å². The van der Waals surface area contributed by atoms with E-state index in [1.807, 2.05) is 0 Å². The van der Waals surface area contributed by atoms with Gasteiger partial charge in [-0.3, -0.25) is 0 Å². The van der Waals surface area contributed by atoms with E-state index >= 15 is 0 Å². The summed E-state index contributed by atoms with van der Waals surface area (Å²) in [6.07, 6.45) is 2.29. The molecule has 2 heterocycles. The summed E-state index contributed by atoms with van der Waals surface area (Å²) in [6, 6.07) is 15.8. The van der Waals surface area contributed by atoms with Crippen LogP contribution in [0.4, 0.5) is 17.1 Å². The molecule has 0 aliphatic carbocycles. The Morgan fingerprint density at radius 2 is 1.36 bits per heavy atom. The Hall–Kier alpha value is -1.96. The maximum atomic E-state index is 2.58. The summed E-state index contributed by atoms with van der Waals surface area (Å²) >= 11 is 0. The molecule has 0 aromatic heterocycles. The van der Waals surface area contributed by atoms with E-state index < -0.39 is 0 Å². The first-order valence-corrected chi connectivity index (χ1v) is 9.44. The minimum absolute atomic E-state index is 0.285. The van der Waals surface area contributed by atoms with Crippen LogP contribution in [0.1, 0.15) is 38.8 Å². The zero-order valence-electron chi connectivity index (χ0n) is 16.3. The van der Waals surface area contributed by atoms with E-state index in [1.54, 1.807) is 0 Å². The monoisotopic (exact) mass is 334 g/mol. The lowest BCUT2D eigenvalue weighted by molar-refractivity contribution is 0.350. The van der Waals surface area contributed by atoms with Gasteiger partial charge in [-0.1, -0.05) is 52.0 Å². The van der Waals surface area contributed by atoms with Gasteiger partial charge in [0.1, 0.15) is 0 Å². The van der Waals surface area contributed by atoms with Crippen LogP contribution in [0, 0.1) is 10.8 Å². The Morgan fingerprint density at radius 1 is 0.720 bits per heavy atom. The number of benzene rings is 2. The summed E-state index contributed by atoms with van der Waals surface area (Å²) in [5, 5.41) is 0. The summed E-state index contributed by atoms with van der Waals surface area (Å²) in [5.74, 6) is 0. The van der Waals surface area contributed by atoms with Crippen LogP contribution in [0.5, 0.6) is 0 Å². The van der Waals surface area contributed by atoms with Crippen LogP contribution in [0.15, 0.2) is 42.5 Å². The van der Waals surface area contributed by atoms with Gasteiger partial charge in [-0.25, -0.2) is 0 Å². The van der Waals surface area contributed by atoms with Gasteiger partial charge in [-0.15, -0.1) is 0 Å². The summed E-state index contributed by atoms with van der Waals surface area (Å²) in [7, 11) is 2.23. The quantitative estimate of drug-likeness (QED) is 0.686. The smallest absolute Gasteiger partial charge is 0.0464 e. The van der Waals surface area contributed by atoms with Gasteiger partial charge < -0.3 is 9.80 Å². The summed E-state index contributed by atoms with van der Waals surface area (Å²) in [5.41, 5.74) is 7.76. The fourth-order valence-electron chi connectivity index (χ4n) is 4.84. The van der Waals surface area contributed by atoms with Crippen molar-refractivity contribution in [2.45, 2.75) is 40.5 Å². The zero-order valence-corrected chi connectivity index (χ0v) is 16.3. The highest BCUT2D eigenvalue weighted by Gasteiger charge is 2.35. The molecule has 2 aromatic rings. The van der Waals surface area contributed by atoms with Crippen molar-refractivity contribution < 1.29 is 0 Å². The highest BCUT2D eigenvalue weighted by Crippen LogP contribution is 2.46. The van der Waals surface area contributed by atoms with Gasteiger partial charge in [-0.05, 0) is 53.0 Å². The normalized spacial score (nSPS) is 20.8. The average molecular weight is 335 g/mol. The second-order valence-electron chi connectivity index (χ2n) is 9.53. The number of nitrogens with zero attached hydrogens (tertiary/aromatic N) is 2. The minimum atomic E-state index is 0.285. The Labute approximate surface area is 152 Å². The lowest BCUT2D eigenvalue weighted by Crippen LogP contribution is -2.41. The third kappa shape index (κ3) is 2.92. The molecule has 0 spiro atoms. The van der Waals surface area contributed by atoms with Gasteiger partial charge in [0, 0.05) is 37.2 Å². The van der Waals surface area contributed by atoms with Gasteiger partial charge in [0.2, 0.25) is 0 Å². The fraction of sp³-hybridized carbons (Fsp3) is 0.478. The van der Waals surface area contributed by atoms with Crippen molar-refractivity contribution in [2.24, 2.45) is 10.8 Å². The highest BCUT2D eigenvalue weighted by molar-refractivity contribution is 5.76. The van der Waals surface area contributed by atoms with E-state index in [2.05, 4.69) is 87.0 Å². The lowest BCUT2D eigenvalue weighted by Gasteiger charge is -2.44. The third-order valence-electron chi connectivity index (χ3n) is 5.69. The van der Waals surface area contributed by atoms with Gasteiger partial charge in [0.15, 0.2) is 0 Å². The second-order valence-corrected chi connectivity index (χ2v) is 9.53. The maximum absolute atomic E-state index is 2.58.